The van der Waals surface area contributed by atoms with Crippen LogP contribution in [-0.4, -0.2) is 0 Å². The van der Waals surface area contributed by atoms with Crippen LogP contribution in [0.5, 0.6) is 0 Å². The molecule has 0 fully saturated rings. The molecular formula is C33H23Br. The van der Waals surface area contributed by atoms with Crippen molar-refractivity contribution < 1.29 is 0 Å². The zero-order valence-corrected chi connectivity index (χ0v) is 20.8. The van der Waals surface area contributed by atoms with Crippen molar-refractivity contribution in [2.75, 3.05) is 0 Å². The summed E-state index contributed by atoms with van der Waals surface area (Å²) in [7, 11) is 0. The topological polar surface area (TPSA) is 0 Å². The van der Waals surface area contributed by atoms with Crippen LogP contribution in [0.4, 0.5) is 0 Å². The molecule has 6 aromatic carbocycles. The van der Waals surface area contributed by atoms with Gasteiger partial charge in [-0.15, -0.1) is 0 Å². The van der Waals surface area contributed by atoms with Crippen molar-refractivity contribution in [3.63, 3.8) is 0 Å². The van der Waals surface area contributed by atoms with Gasteiger partial charge in [-0.1, -0.05) is 105 Å². The number of fused-ring (bicyclic) bond motifs is 6. The zero-order valence-electron chi connectivity index (χ0n) is 19.2. The summed E-state index contributed by atoms with van der Waals surface area (Å²) < 4.78 is 1.17. The number of rotatable bonds is 1. The minimum absolute atomic E-state index is 0.0335. The molecule has 0 saturated carbocycles. The molecule has 0 radical (unpaired) electrons. The zero-order chi connectivity index (χ0) is 23.0. The highest BCUT2D eigenvalue weighted by molar-refractivity contribution is 9.10. The lowest BCUT2D eigenvalue weighted by atomic mass is 9.80. The summed E-state index contributed by atoms with van der Waals surface area (Å²) in [5.74, 6) is 0. The minimum atomic E-state index is -0.0335. The smallest absolute Gasteiger partial charge is 0.0332 e. The van der Waals surface area contributed by atoms with E-state index >= 15 is 0 Å². The molecule has 0 amide bonds. The number of hydrogen-bond acceptors (Lipinski definition) is 0. The van der Waals surface area contributed by atoms with Crippen molar-refractivity contribution in [2.24, 2.45) is 0 Å². The van der Waals surface area contributed by atoms with Crippen LogP contribution in [0.15, 0.2) is 108 Å². The van der Waals surface area contributed by atoms with E-state index in [2.05, 4.69) is 133 Å². The molecule has 0 N–H and O–H groups in total. The standard InChI is InChI=1S/C33H23Br/c1-33(2)29-17-8-7-13-22(29)26-18-28-27(19-30(26)33)31(24-14-5-6-15-25(24)32(28)34)23-16-9-11-20-10-3-4-12-21(20)23/h3-19H,1-2H3. The maximum absolute atomic E-state index is 4.02. The van der Waals surface area contributed by atoms with Gasteiger partial charge >= 0.3 is 0 Å². The van der Waals surface area contributed by atoms with Crippen molar-refractivity contribution in [1.82, 2.24) is 0 Å². The van der Waals surface area contributed by atoms with Crippen LogP contribution in [0.3, 0.4) is 0 Å². The molecule has 0 aliphatic heterocycles. The van der Waals surface area contributed by atoms with Gasteiger partial charge < -0.3 is 0 Å². The van der Waals surface area contributed by atoms with Gasteiger partial charge in [-0.25, -0.2) is 0 Å². The van der Waals surface area contributed by atoms with Gasteiger partial charge in [-0.05, 0) is 93.8 Å². The summed E-state index contributed by atoms with van der Waals surface area (Å²) in [5, 5.41) is 7.68. The maximum atomic E-state index is 4.02. The summed E-state index contributed by atoms with van der Waals surface area (Å²) in [6, 6.07) is 38.0. The fraction of sp³-hybridized carbons (Fsp3) is 0.0909. The first-order valence-electron chi connectivity index (χ1n) is 11.8. The van der Waals surface area contributed by atoms with Crippen molar-refractivity contribution >= 4 is 48.2 Å². The largest absolute Gasteiger partial charge is 0.0619 e. The van der Waals surface area contributed by atoms with E-state index in [1.54, 1.807) is 0 Å². The van der Waals surface area contributed by atoms with Crippen molar-refractivity contribution in [3.05, 3.63) is 119 Å². The predicted molar refractivity (Wildman–Crippen MR) is 150 cm³/mol. The molecule has 34 heavy (non-hydrogen) atoms. The lowest BCUT2D eigenvalue weighted by Gasteiger charge is -2.23. The average Bonchev–Trinajstić information content (AvgIpc) is 3.10. The second kappa shape index (κ2) is 7.04. The molecule has 0 nitrogen and oxygen atoms in total. The Morgan fingerprint density at radius 1 is 0.500 bits per heavy atom. The van der Waals surface area contributed by atoms with Crippen molar-refractivity contribution in [1.29, 1.82) is 0 Å². The Bertz CT molecular complexity index is 1780. The second-order valence-corrected chi connectivity index (χ2v) is 10.7. The molecule has 1 heteroatoms. The van der Waals surface area contributed by atoms with Crippen LogP contribution in [0.25, 0.3) is 54.6 Å². The Hall–Kier alpha value is -3.42. The summed E-state index contributed by atoms with van der Waals surface area (Å²) in [4.78, 5) is 0. The molecule has 0 heterocycles. The fourth-order valence-electron chi connectivity index (χ4n) is 6.05. The molecule has 1 aliphatic carbocycles. The van der Waals surface area contributed by atoms with Crippen molar-refractivity contribution in [2.45, 2.75) is 19.3 Å². The Kier molecular flexibility index (Phi) is 4.14. The normalized spacial score (nSPS) is 14.0. The Labute approximate surface area is 208 Å². The molecule has 162 valence electrons. The molecule has 7 rings (SSSR count). The van der Waals surface area contributed by atoms with Gasteiger partial charge in [0.1, 0.15) is 0 Å². The SMILES string of the molecule is CC1(C)c2ccccc2-c2cc3c(Br)c4ccccc4c(-c4cccc5ccccc45)c3cc21. The van der Waals surface area contributed by atoms with Gasteiger partial charge in [0.05, 0.1) is 0 Å². The van der Waals surface area contributed by atoms with Crippen LogP contribution in [0.2, 0.25) is 0 Å². The molecular weight excluding hydrogens is 476 g/mol. The quantitative estimate of drug-likeness (QED) is 0.198. The first kappa shape index (κ1) is 20.0. The summed E-state index contributed by atoms with van der Waals surface area (Å²) in [6.45, 7) is 4.72. The molecule has 0 bridgehead atoms. The second-order valence-electron chi connectivity index (χ2n) is 9.88. The van der Waals surface area contributed by atoms with E-state index in [1.807, 2.05) is 0 Å². The monoisotopic (exact) mass is 498 g/mol. The third kappa shape index (κ3) is 2.59. The van der Waals surface area contributed by atoms with Gasteiger partial charge in [0.15, 0.2) is 0 Å². The minimum Gasteiger partial charge on any atom is -0.0619 e. The lowest BCUT2D eigenvalue weighted by Crippen LogP contribution is -2.14. The van der Waals surface area contributed by atoms with Crippen LogP contribution < -0.4 is 0 Å². The van der Waals surface area contributed by atoms with E-state index in [1.165, 1.54) is 70.2 Å². The van der Waals surface area contributed by atoms with E-state index in [0.29, 0.717) is 0 Å². The molecule has 0 saturated heterocycles. The Morgan fingerprint density at radius 2 is 1.15 bits per heavy atom. The van der Waals surface area contributed by atoms with E-state index in [-0.39, 0.29) is 5.41 Å². The maximum Gasteiger partial charge on any atom is 0.0332 e. The number of benzene rings is 6. The highest BCUT2D eigenvalue weighted by atomic mass is 79.9. The van der Waals surface area contributed by atoms with Gasteiger partial charge in [0, 0.05) is 9.89 Å². The van der Waals surface area contributed by atoms with E-state index < -0.39 is 0 Å². The average molecular weight is 499 g/mol. The lowest BCUT2D eigenvalue weighted by molar-refractivity contribution is 0.661. The highest BCUT2D eigenvalue weighted by Crippen LogP contribution is 2.52. The fourth-order valence-corrected chi connectivity index (χ4v) is 6.73. The number of hydrogen-bond donors (Lipinski definition) is 0. The van der Waals surface area contributed by atoms with Crippen LogP contribution in [0, 0.1) is 0 Å². The van der Waals surface area contributed by atoms with E-state index in [0.717, 1.165) is 0 Å². The highest BCUT2D eigenvalue weighted by Gasteiger charge is 2.36. The summed E-state index contributed by atoms with van der Waals surface area (Å²) in [6.07, 6.45) is 0. The molecule has 6 aromatic rings. The van der Waals surface area contributed by atoms with Crippen LogP contribution in [-0.2, 0) is 5.41 Å². The molecule has 1 aliphatic rings. The molecule has 0 unspecified atom stereocenters. The van der Waals surface area contributed by atoms with Crippen LogP contribution in [0.1, 0.15) is 25.0 Å². The first-order chi connectivity index (χ1) is 16.6. The molecule has 0 spiro atoms. The first-order valence-corrected chi connectivity index (χ1v) is 12.6. The van der Waals surface area contributed by atoms with Crippen LogP contribution >= 0.6 is 15.9 Å². The Balaban J connectivity index is 1.70. The molecule has 0 atom stereocenters. The summed E-state index contributed by atoms with van der Waals surface area (Å²) >= 11 is 4.02. The number of halogens is 1. The van der Waals surface area contributed by atoms with E-state index in [4.69, 9.17) is 0 Å². The van der Waals surface area contributed by atoms with E-state index in [9.17, 15) is 0 Å². The van der Waals surface area contributed by atoms with Crippen molar-refractivity contribution in [3.8, 4) is 22.3 Å². The predicted octanol–water partition coefficient (Wildman–Crippen LogP) is 9.88. The third-order valence-electron chi connectivity index (χ3n) is 7.72. The van der Waals surface area contributed by atoms with Gasteiger partial charge in [-0.3, -0.25) is 0 Å². The Morgan fingerprint density at radius 3 is 2.00 bits per heavy atom. The van der Waals surface area contributed by atoms with Gasteiger partial charge in [0.2, 0.25) is 0 Å². The summed E-state index contributed by atoms with van der Waals surface area (Å²) in [5.41, 5.74) is 8.11. The molecule has 0 aromatic heterocycles. The third-order valence-corrected chi connectivity index (χ3v) is 8.57. The van der Waals surface area contributed by atoms with Gasteiger partial charge in [0.25, 0.3) is 0 Å². The van der Waals surface area contributed by atoms with Gasteiger partial charge in [-0.2, -0.15) is 0 Å².